The topological polar surface area (TPSA) is 78.4 Å². The molecule has 0 bridgehead atoms. The van der Waals surface area contributed by atoms with Gasteiger partial charge in [-0.3, -0.25) is 14.8 Å². The van der Waals surface area contributed by atoms with Gasteiger partial charge in [0.05, 0.1) is 5.92 Å². The molecule has 0 saturated heterocycles. The van der Waals surface area contributed by atoms with Crippen LogP contribution in [-0.4, -0.2) is 17.0 Å². The van der Waals surface area contributed by atoms with Crippen molar-refractivity contribution in [1.82, 2.24) is 5.48 Å². The summed E-state index contributed by atoms with van der Waals surface area (Å²) in [4.78, 5) is 23.7. The van der Waals surface area contributed by atoms with Gasteiger partial charge in [0, 0.05) is 11.8 Å². The number of hydrogen-bond acceptors (Lipinski definition) is 3. The van der Waals surface area contributed by atoms with Gasteiger partial charge in [-0.15, -0.1) is 0 Å². The average molecular weight is 338 g/mol. The van der Waals surface area contributed by atoms with Gasteiger partial charge in [0.2, 0.25) is 5.91 Å². The number of carbonyl (C=O) groups is 2. The fraction of sp³-hybridized carbons (Fsp3) is 0.200. The number of benzene rings is 2. The van der Waals surface area contributed by atoms with Gasteiger partial charge in [-0.1, -0.05) is 56.3 Å². The molecule has 0 aliphatic heterocycles. The molecule has 1 atom stereocenters. The molecule has 0 saturated carbocycles. The van der Waals surface area contributed by atoms with Gasteiger partial charge in [0.25, 0.3) is 5.91 Å². The molecule has 5 nitrogen and oxygen atoms in total. The standard InChI is InChI=1S/C20H22N2O3/c1-14(2)19(16-6-4-3-5-7-16)20(24)21-17-11-8-15(9-12-17)10-13-18(23)22-25/h3-14,19,25H,1-2H3,(H,21,24)(H,22,23)/b13-10+. The first-order valence-electron chi connectivity index (χ1n) is 8.09. The normalized spacial score (nSPS) is 12.2. The van der Waals surface area contributed by atoms with E-state index in [9.17, 15) is 9.59 Å². The summed E-state index contributed by atoms with van der Waals surface area (Å²) >= 11 is 0. The second kappa shape index (κ2) is 8.80. The molecule has 0 fully saturated rings. The lowest BCUT2D eigenvalue weighted by molar-refractivity contribution is -0.124. The van der Waals surface area contributed by atoms with Gasteiger partial charge in [0.15, 0.2) is 0 Å². The molecular weight excluding hydrogens is 316 g/mol. The summed E-state index contributed by atoms with van der Waals surface area (Å²) in [6.45, 7) is 4.05. The van der Waals surface area contributed by atoms with Crippen molar-refractivity contribution < 1.29 is 14.8 Å². The molecule has 0 spiro atoms. The van der Waals surface area contributed by atoms with Gasteiger partial charge >= 0.3 is 0 Å². The maximum Gasteiger partial charge on any atom is 0.267 e. The van der Waals surface area contributed by atoms with Crippen LogP contribution in [0.5, 0.6) is 0 Å². The van der Waals surface area contributed by atoms with Crippen LogP contribution >= 0.6 is 0 Å². The Hall–Kier alpha value is -2.92. The Kier molecular flexibility index (Phi) is 6.48. The van der Waals surface area contributed by atoms with Crippen molar-refractivity contribution in [3.8, 4) is 0 Å². The number of hydrogen-bond donors (Lipinski definition) is 3. The minimum Gasteiger partial charge on any atom is -0.326 e. The third-order valence-electron chi connectivity index (χ3n) is 3.82. The molecule has 5 heteroatoms. The maximum atomic E-state index is 12.7. The average Bonchev–Trinajstić information content (AvgIpc) is 2.61. The minimum atomic E-state index is -0.597. The number of rotatable bonds is 6. The lowest BCUT2D eigenvalue weighted by Crippen LogP contribution is -2.25. The second-order valence-electron chi connectivity index (χ2n) is 6.05. The molecule has 0 aromatic heterocycles. The van der Waals surface area contributed by atoms with Crippen molar-refractivity contribution in [3.05, 3.63) is 71.8 Å². The molecular formula is C20H22N2O3. The Balaban J connectivity index is 2.08. The molecule has 2 rings (SSSR count). The van der Waals surface area contributed by atoms with E-state index in [1.165, 1.54) is 11.6 Å². The van der Waals surface area contributed by atoms with Crippen LogP contribution in [0.25, 0.3) is 6.08 Å². The molecule has 2 aromatic carbocycles. The SMILES string of the molecule is CC(C)C(C(=O)Nc1ccc(/C=C/C(=O)NO)cc1)c1ccccc1. The van der Waals surface area contributed by atoms with Crippen LogP contribution < -0.4 is 10.8 Å². The van der Waals surface area contributed by atoms with Crippen LogP contribution in [0.15, 0.2) is 60.7 Å². The third kappa shape index (κ3) is 5.29. The Morgan fingerprint density at radius 1 is 1.00 bits per heavy atom. The first kappa shape index (κ1) is 18.4. The van der Waals surface area contributed by atoms with Gasteiger partial charge < -0.3 is 5.32 Å². The van der Waals surface area contributed by atoms with Crippen LogP contribution in [0.3, 0.4) is 0 Å². The molecule has 1 unspecified atom stereocenters. The summed E-state index contributed by atoms with van der Waals surface area (Å²) in [5.74, 6) is -0.709. The number of carbonyl (C=O) groups excluding carboxylic acids is 2. The van der Waals surface area contributed by atoms with E-state index in [4.69, 9.17) is 5.21 Å². The van der Waals surface area contributed by atoms with E-state index in [1.54, 1.807) is 30.3 Å². The van der Waals surface area contributed by atoms with Crippen LogP contribution in [0.1, 0.15) is 30.9 Å². The summed E-state index contributed by atoms with van der Waals surface area (Å²) in [5, 5.41) is 11.4. The number of hydroxylamine groups is 1. The third-order valence-corrected chi connectivity index (χ3v) is 3.82. The Morgan fingerprint density at radius 2 is 1.64 bits per heavy atom. The fourth-order valence-corrected chi connectivity index (χ4v) is 2.61. The minimum absolute atomic E-state index is 0.0517. The summed E-state index contributed by atoms with van der Waals surface area (Å²) < 4.78 is 0. The fourth-order valence-electron chi connectivity index (χ4n) is 2.61. The van der Waals surface area contributed by atoms with Crippen LogP contribution in [0.2, 0.25) is 0 Å². The van der Waals surface area contributed by atoms with Crippen molar-refractivity contribution >= 4 is 23.6 Å². The highest BCUT2D eigenvalue weighted by molar-refractivity contribution is 5.96. The monoisotopic (exact) mass is 338 g/mol. The predicted molar refractivity (Wildman–Crippen MR) is 98.1 cm³/mol. The zero-order valence-corrected chi connectivity index (χ0v) is 14.3. The maximum absolute atomic E-state index is 12.7. The number of anilines is 1. The molecule has 25 heavy (non-hydrogen) atoms. The summed E-state index contributed by atoms with van der Waals surface area (Å²) in [6.07, 6.45) is 2.79. The summed E-state index contributed by atoms with van der Waals surface area (Å²) in [6, 6.07) is 16.8. The van der Waals surface area contributed by atoms with E-state index in [0.29, 0.717) is 5.69 Å². The summed E-state index contributed by atoms with van der Waals surface area (Å²) in [7, 11) is 0. The lowest BCUT2D eigenvalue weighted by atomic mass is 9.87. The van der Waals surface area contributed by atoms with Crippen molar-refractivity contribution in [2.24, 2.45) is 5.92 Å². The van der Waals surface area contributed by atoms with E-state index in [0.717, 1.165) is 11.1 Å². The highest BCUT2D eigenvalue weighted by Crippen LogP contribution is 2.26. The number of nitrogens with one attached hydrogen (secondary N) is 2. The Labute approximate surface area is 147 Å². The van der Waals surface area contributed by atoms with E-state index in [-0.39, 0.29) is 17.7 Å². The molecule has 0 aliphatic rings. The zero-order chi connectivity index (χ0) is 18.2. The molecule has 0 radical (unpaired) electrons. The van der Waals surface area contributed by atoms with Gasteiger partial charge in [-0.05, 0) is 35.3 Å². The van der Waals surface area contributed by atoms with Crippen LogP contribution in [0.4, 0.5) is 5.69 Å². The molecule has 2 amide bonds. The lowest BCUT2D eigenvalue weighted by Gasteiger charge is -2.20. The smallest absolute Gasteiger partial charge is 0.267 e. The van der Waals surface area contributed by atoms with Crippen molar-refractivity contribution in [2.45, 2.75) is 19.8 Å². The van der Waals surface area contributed by atoms with E-state index < -0.39 is 5.91 Å². The Morgan fingerprint density at radius 3 is 2.20 bits per heavy atom. The molecule has 130 valence electrons. The highest BCUT2D eigenvalue weighted by atomic mass is 16.5. The number of amides is 2. The summed E-state index contributed by atoms with van der Waals surface area (Å²) in [5.41, 5.74) is 3.99. The molecule has 2 aromatic rings. The molecule has 3 N–H and O–H groups in total. The molecule has 0 aliphatic carbocycles. The van der Waals surface area contributed by atoms with Crippen molar-refractivity contribution in [1.29, 1.82) is 0 Å². The first-order chi connectivity index (χ1) is 12.0. The van der Waals surface area contributed by atoms with Crippen LogP contribution in [0, 0.1) is 5.92 Å². The second-order valence-corrected chi connectivity index (χ2v) is 6.05. The molecule has 0 heterocycles. The predicted octanol–water partition coefficient (Wildman–Crippen LogP) is 3.58. The highest BCUT2D eigenvalue weighted by Gasteiger charge is 2.23. The van der Waals surface area contributed by atoms with Crippen molar-refractivity contribution in [3.63, 3.8) is 0 Å². The largest absolute Gasteiger partial charge is 0.326 e. The first-order valence-corrected chi connectivity index (χ1v) is 8.09. The Bertz CT molecular complexity index is 737. The van der Waals surface area contributed by atoms with E-state index in [2.05, 4.69) is 5.32 Å². The van der Waals surface area contributed by atoms with Gasteiger partial charge in [-0.2, -0.15) is 0 Å². The van der Waals surface area contributed by atoms with E-state index in [1.807, 2.05) is 44.2 Å². The van der Waals surface area contributed by atoms with Gasteiger partial charge in [-0.25, -0.2) is 5.48 Å². The zero-order valence-electron chi connectivity index (χ0n) is 14.3. The van der Waals surface area contributed by atoms with Crippen molar-refractivity contribution in [2.75, 3.05) is 5.32 Å². The van der Waals surface area contributed by atoms with Crippen LogP contribution in [-0.2, 0) is 9.59 Å². The van der Waals surface area contributed by atoms with E-state index >= 15 is 0 Å². The van der Waals surface area contributed by atoms with Gasteiger partial charge in [0.1, 0.15) is 0 Å². The quantitative estimate of drug-likeness (QED) is 0.428.